The average molecular weight is 594 g/mol. The number of allylic oxidation sites excluding steroid dienone is 4. The molecule has 0 radical (unpaired) electrons. The molecule has 4 atom stereocenters. The first kappa shape index (κ1) is 32.9. The van der Waals surface area contributed by atoms with E-state index in [1.807, 2.05) is 53.7 Å². The normalized spacial score (nSPS) is 24.9. The maximum atomic E-state index is 14.1. The maximum Gasteiger partial charge on any atom is 0.308 e. The van der Waals surface area contributed by atoms with Crippen molar-refractivity contribution in [3.05, 3.63) is 47.1 Å². The Balaban J connectivity index is 2.04. The van der Waals surface area contributed by atoms with Crippen LogP contribution in [0, 0.1) is 5.92 Å². The molecule has 1 aliphatic heterocycles. The predicted molar refractivity (Wildman–Crippen MR) is 158 cm³/mol. The van der Waals surface area contributed by atoms with Gasteiger partial charge in [-0.25, -0.2) is 27.1 Å². The van der Waals surface area contributed by atoms with E-state index in [0.29, 0.717) is 17.8 Å². The average Bonchev–Trinajstić information content (AvgIpc) is 2.79. The highest BCUT2D eigenvalue weighted by Gasteiger charge is 2.36. The second-order valence-electron chi connectivity index (χ2n) is 12.6. The second kappa shape index (κ2) is 12.3. The Kier molecular flexibility index (Phi) is 9.87. The number of carbonyl (C=O) groups excluding carboxylic acids is 1. The van der Waals surface area contributed by atoms with Gasteiger partial charge in [0.25, 0.3) is 0 Å². The lowest BCUT2D eigenvalue weighted by atomic mass is 9.83. The van der Waals surface area contributed by atoms with Crippen LogP contribution in [0.15, 0.2) is 30.1 Å². The number of hydrogen-bond donors (Lipinski definition) is 0. The van der Waals surface area contributed by atoms with Gasteiger partial charge in [-0.15, -0.1) is 0 Å². The van der Waals surface area contributed by atoms with E-state index in [2.05, 4.69) is 4.98 Å². The van der Waals surface area contributed by atoms with Crippen molar-refractivity contribution in [2.45, 2.75) is 104 Å². The molecule has 0 bridgehead atoms. The van der Waals surface area contributed by atoms with E-state index in [4.69, 9.17) is 19.2 Å². The Hall–Kier alpha value is -2.63. The summed E-state index contributed by atoms with van der Waals surface area (Å²) < 4.78 is 57.5. The van der Waals surface area contributed by atoms with Gasteiger partial charge >= 0.3 is 5.97 Å². The van der Waals surface area contributed by atoms with Gasteiger partial charge in [-0.1, -0.05) is 39.0 Å². The van der Waals surface area contributed by atoms with Gasteiger partial charge in [-0.2, -0.15) is 0 Å². The Morgan fingerprint density at radius 1 is 1.27 bits per heavy atom. The highest BCUT2D eigenvalue weighted by Crippen LogP contribution is 2.37. The third-order valence-corrected chi connectivity index (χ3v) is 7.92. The van der Waals surface area contributed by atoms with Crippen molar-refractivity contribution in [2.75, 3.05) is 17.6 Å². The topological polar surface area (TPSA) is 108 Å². The van der Waals surface area contributed by atoms with E-state index >= 15 is 0 Å². The first-order valence-electron chi connectivity index (χ1n) is 13.9. The summed E-state index contributed by atoms with van der Waals surface area (Å²) in [6, 6.07) is 0. The van der Waals surface area contributed by atoms with Crippen LogP contribution in [0.3, 0.4) is 0 Å². The highest BCUT2D eigenvalue weighted by atomic mass is 32.2. The van der Waals surface area contributed by atoms with Gasteiger partial charge in [0.1, 0.15) is 11.4 Å². The first-order chi connectivity index (χ1) is 18.8. The van der Waals surface area contributed by atoms with E-state index in [9.17, 15) is 17.6 Å². The summed E-state index contributed by atoms with van der Waals surface area (Å²) in [5.41, 5.74) is 1.37. The zero-order chi connectivity index (χ0) is 30.9. The van der Waals surface area contributed by atoms with Crippen LogP contribution < -0.4 is 4.31 Å². The molecule has 9 nitrogen and oxygen atoms in total. The van der Waals surface area contributed by atoms with Crippen molar-refractivity contribution in [1.82, 2.24) is 9.97 Å². The smallest absolute Gasteiger partial charge is 0.308 e. The van der Waals surface area contributed by atoms with Crippen LogP contribution in [0.25, 0.3) is 6.08 Å². The largest absolute Gasteiger partial charge is 0.460 e. The second-order valence-corrected chi connectivity index (χ2v) is 14.6. The number of halogens is 1. The van der Waals surface area contributed by atoms with Gasteiger partial charge in [0.2, 0.25) is 16.0 Å². The molecule has 228 valence electrons. The molecule has 1 aliphatic carbocycles. The molecule has 1 fully saturated rings. The zero-order valence-electron chi connectivity index (χ0n) is 25.8. The summed E-state index contributed by atoms with van der Waals surface area (Å²) in [4.78, 5) is 21.9. The van der Waals surface area contributed by atoms with Crippen LogP contribution in [0.1, 0.15) is 97.0 Å². The molecule has 11 heteroatoms. The highest BCUT2D eigenvalue weighted by molar-refractivity contribution is 7.92. The Labute approximate surface area is 243 Å². The minimum absolute atomic E-state index is 0.0554. The maximum absolute atomic E-state index is 14.1. The zero-order valence-corrected chi connectivity index (χ0v) is 26.6. The van der Waals surface area contributed by atoms with Gasteiger partial charge in [-0.05, 0) is 58.6 Å². The lowest BCUT2D eigenvalue weighted by Gasteiger charge is -2.40. The van der Waals surface area contributed by atoms with Gasteiger partial charge in [-0.3, -0.25) is 4.79 Å². The Morgan fingerprint density at radius 3 is 2.49 bits per heavy atom. The summed E-state index contributed by atoms with van der Waals surface area (Å²) in [6.45, 7) is 14.9. The number of rotatable bonds is 8. The van der Waals surface area contributed by atoms with Crippen LogP contribution in [0.4, 0.5) is 10.3 Å². The van der Waals surface area contributed by atoms with E-state index in [0.717, 1.165) is 16.1 Å². The van der Waals surface area contributed by atoms with E-state index in [1.165, 1.54) is 19.2 Å². The number of ether oxygens (including phenoxy) is 3. The van der Waals surface area contributed by atoms with Crippen molar-refractivity contribution in [2.24, 2.45) is 5.92 Å². The minimum atomic E-state index is -3.62. The summed E-state index contributed by atoms with van der Waals surface area (Å²) in [6.07, 6.45) is 9.27. The summed E-state index contributed by atoms with van der Waals surface area (Å²) in [7, 11) is -2.21. The summed E-state index contributed by atoms with van der Waals surface area (Å²) in [5, 5.41) is 0. The van der Waals surface area contributed by atoms with Gasteiger partial charge in [0, 0.05) is 24.9 Å². The van der Waals surface area contributed by atoms with Crippen LogP contribution in [-0.2, 0) is 29.0 Å². The first-order valence-corrected chi connectivity index (χ1v) is 15.8. The molecule has 41 heavy (non-hydrogen) atoms. The van der Waals surface area contributed by atoms with Crippen molar-refractivity contribution < 1.29 is 31.8 Å². The Bertz CT molecular complexity index is 1330. The monoisotopic (exact) mass is 593 g/mol. The van der Waals surface area contributed by atoms with Crippen LogP contribution in [0.2, 0.25) is 0 Å². The molecule has 2 unspecified atom stereocenters. The molecule has 1 aromatic heterocycles. The lowest BCUT2D eigenvalue weighted by Crippen LogP contribution is -2.45. The predicted octanol–water partition coefficient (Wildman–Crippen LogP) is 5.79. The molecule has 1 saturated heterocycles. The van der Waals surface area contributed by atoms with Gasteiger partial charge in [0.05, 0.1) is 36.3 Å². The number of esters is 1. The fourth-order valence-corrected chi connectivity index (χ4v) is 5.31. The molecule has 3 rings (SSSR count). The minimum Gasteiger partial charge on any atom is -0.460 e. The number of aromatic nitrogens is 2. The third-order valence-electron chi connectivity index (χ3n) is 6.76. The van der Waals surface area contributed by atoms with E-state index in [-0.39, 0.29) is 41.9 Å². The standard InChI is InChI=1S/C30H44FN3O6S/c1-18(2)26-24(14-12-21-16-22(39-30(7,8)38-21)17-25(35)40-29(4,5)6)27(23-13-11-20(31)15-19(23)3)33-28(32-26)34(9)41(10,36)37/h11-15,18-19,21-23H,16-17H2,1-10H3/b14-12+/t19?,21-,22-,23?/m1/s1. The molecule has 0 N–H and O–H groups in total. The van der Waals surface area contributed by atoms with Crippen LogP contribution in [-0.4, -0.2) is 61.3 Å². The molecule has 1 aromatic rings. The number of carbonyl (C=O) groups is 1. The molecule has 2 aliphatic rings. The molecule has 0 amide bonds. The quantitative estimate of drug-likeness (QED) is 0.349. The number of nitrogens with zero attached hydrogens (tertiary/aromatic N) is 3. The number of hydrogen-bond acceptors (Lipinski definition) is 8. The summed E-state index contributed by atoms with van der Waals surface area (Å²) >= 11 is 0. The fraction of sp³-hybridized carbons (Fsp3) is 0.633. The van der Waals surface area contributed by atoms with Gasteiger partial charge in [0.15, 0.2) is 5.79 Å². The number of sulfonamides is 1. The number of anilines is 1. The lowest BCUT2D eigenvalue weighted by molar-refractivity contribution is -0.290. The van der Waals surface area contributed by atoms with Crippen LogP contribution >= 0.6 is 0 Å². The molecule has 2 heterocycles. The molecule has 0 aromatic carbocycles. The molecule has 0 spiro atoms. The SMILES string of the molecule is CC(C)c1nc(N(C)S(C)(=O)=O)nc(C2C=CC(F)=CC2C)c1/C=C/[C@@H]1C[C@H](CC(=O)OC(C)(C)C)OC(C)(C)O1. The van der Waals surface area contributed by atoms with Crippen molar-refractivity contribution in [1.29, 1.82) is 0 Å². The van der Waals surface area contributed by atoms with E-state index < -0.39 is 33.6 Å². The Morgan fingerprint density at radius 2 is 1.93 bits per heavy atom. The molecular weight excluding hydrogens is 549 g/mol. The van der Waals surface area contributed by atoms with E-state index in [1.54, 1.807) is 19.9 Å². The third kappa shape index (κ3) is 8.93. The van der Waals surface area contributed by atoms with Crippen molar-refractivity contribution >= 4 is 28.0 Å². The van der Waals surface area contributed by atoms with Crippen LogP contribution in [0.5, 0.6) is 0 Å². The fourth-order valence-electron chi connectivity index (χ4n) is 4.93. The van der Waals surface area contributed by atoms with Crippen molar-refractivity contribution in [3.8, 4) is 0 Å². The van der Waals surface area contributed by atoms with Gasteiger partial charge < -0.3 is 14.2 Å². The van der Waals surface area contributed by atoms with Crippen molar-refractivity contribution in [3.63, 3.8) is 0 Å². The molecule has 0 saturated carbocycles. The molecular formula is C30H44FN3O6S. The summed E-state index contributed by atoms with van der Waals surface area (Å²) in [5.74, 6) is -2.17.